The van der Waals surface area contributed by atoms with Crippen LogP contribution in [0, 0.1) is 5.92 Å². The normalized spacial score (nSPS) is 20.8. The van der Waals surface area contributed by atoms with Crippen LogP contribution in [0.4, 0.5) is 19.3 Å². The van der Waals surface area contributed by atoms with E-state index in [2.05, 4.69) is 10.1 Å². The minimum absolute atomic E-state index is 0.000939. The number of piperazine rings is 1. The molecular formula is C32H42F2N6O7S. The molecule has 0 radical (unpaired) electrons. The number of fused-ring (bicyclic) bond motifs is 1. The van der Waals surface area contributed by atoms with Crippen molar-refractivity contribution in [1.29, 1.82) is 0 Å². The Hall–Kier alpha value is -3.79. The standard InChI is InChI=1S/C32H42F2N6O7S/c1-20-16-38(12-13-39(20)29(41)21-6-10-37(11-7-21)17-26(33)34)25-15-22(14-23-27(36-47-28(23)25)24-18-45-19-35-24)48(43,44)40(32(5)8-9-32)30(42)46-31(2,3)4/h14-15,18-21,26H,6-13,16-17H2,1-5H3/t20-/m1/s1. The van der Waals surface area contributed by atoms with Crippen molar-refractivity contribution in [3.05, 3.63) is 24.8 Å². The molecule has 1 aromatic carbocycles. The molecule has 2 aromatic heterocycles. The number of hydrogen-bond donors (Lipinski definition) is 0. The van der Waals surface area contributed by atoms with Crippen molar-refractivity contribution >= 4 is 38.7 Å². The van der Waals surface area contributed by atoms with Gasteiger partial charge in [-0.05, 0) is 85.5 Å². The average Bonchev–Trinajstić information content (AvgIpc) is 3.36. The number of ether oxygens (including phenoxy) is 1. The van der Waals surface area contributed by atoms with Gasteiger partial charge in [-0.1, -0.05) is 5.16 Å². The third-order valence-electron chi connectivity index (χ3n) is 9.35. The lowest BCUT2D eigenvalue weighted by Gasteiger charge is -2.43. The van der Waals surface area contributed by atoms with E-state index in [9.17, 15) is 26.8 Å². The molecule has 3 aliphatic rings. The first-order chi connectivity index (χ1) is 22.6. The van der Waals surface area contributed by atoms with Crippen molar-refractivity contribution in [3.8, 4) is 11.4 Å². The second-order valence-corrected chi connectivity index (χ2v) is 16.0. The van der Waals surface area contributed by atoms with Crippen molar-refractivity contribution < 1.29 is 40.5 Å². The molecule has 2 amide bonds. The summed E-state index contributed by atoms with van der Waals surface area (Å²) in [5.41, 5.74) is -0.468. The Labute approximate surface area is 278 Å². The fraction of sp³-hybridized carbons (Fsp3) is 0.625. The molecule has 0 unspecified atom stereocenters. The molecule has 262 valence electrons. The van der Waals surface area contributed by atoms with E-state index < -0.39 is 33.7 Å². The molecular weight excluding hydrogens is 650 g/mol. The molecule has 0 spiro atoms. The molecule has 2 aliphatic heterocycles. The summed E-state index contributed by atoms with van der Waals surface area (Å²) in [7, 11) is -4.45. The van der Waals surface area contributed by atoms with Gasteiger partial charge in [-0.2, -0.15) is 4.31 Å². The quantitative estimate of drug-likeness (QED) is 0.316. The number of carbonyl (C=O) groups excluding carboxylic acids is 2. The Bertz CT molecular complexity index is 1760. The van der Waals surface area contributed by atoms with E-state index in [4.69, 9.17) is 13.7 Å². The third kappa shape index (κ3) is 6.73. The summed E-state index contributed by atoms with van der Waals surface area (Å²) in [5.74, 6) is -0.242. The molecule has 48 heavy (non-hydrogen) atoms. The van der Waals surface area contributed by atoms with E-state index in [0.717, 1.165) is 4.31 Å². The number of sulfonamides is 1. The Morgan fingerprint density at radius 2 is 1.85 bits per heavy atom. The lowest BCUT2D eigenvalue weighted by Crippen LogP contribution is -2.56. The van der Waals surface area contributed by atoms with Gasteiger partial charge in [0.1, 0.15) is 23.3 Å². The highest BCUT2D eigenvalue weighted by Crippen LogP contribution is 2.46. The molecule has 1 aliphatic carbocycles. The Balaban J connectivity index is 1.32. The third-order valence-corrected chi connectivity index (χ3v) is 11.2. The molecule has 16 heteroatoms. The van der Waals surface area contributed by atoms with Crippen LogP contribution < -0.4 is 4.90 Å². The van der Waals surface area contributed by atoms with Gasteiger partial charge in [-0.3, -0.25) is 9.69 Å². The van der Waals surface area contributed by atoms with E-state index in [1.54, 1.807) is 32.6 Å². The number of alkyl halides is 2. The number of halogens is 2. The zero-order chi connectivity index (χ0) is 34.6. The molecule has 1 saturated carbocycles. The van der Waals surface area contributed by atoms with E-state index in [1.165, 1.54) is 24.8 Å². The minimum atomic E-state index is -4.45. The number of hydrogen-bond acceptors (Lipinski definition) is 11. The highest BCUT2D eigenvalue weighted by molar-refractivity contribution is 7.89. The lowest BCUT2D eigenvalue weighted by molar-refractivity contribution is -0.139. The minimum Gasteiger partial charge on any atom is -0.451 e. The maximum atomic E-state index is 14.4. The SMILES string of the molecule is C[C@@H]1CN(c2cc(S(=O)(=O)N(C(=O)OC(C)(C)C)C3(C)CC3)cc3c(-c4cocn4)noc23)CCN1C(=O)C1CCN(CC(F)F)CC1. The van der Waals surface area contributed by atoms with E-state index in [-0.39, 0.29) is 35.0 Å². The fourth-order valence-corrected chi connectivity index (χ4v) is 8.33. The predicted octanol–water partition coefficient (Wildman–Crippen LogP) is 4.98. The van der Waals surface area contributed by atoms with Gasteiger partial charge in [0, 0.05) is 31.6 Å². The maximum Gasteiger partial charge on any atom is 0.424 e. The van der Waals surface area contributed by atoms with Crippen molar-refractivity contribution in [3.63, 3.8) is 0 Å². The van der Waals surface area contributed by atoms with E-state index in [1.807, 2.05) is 16.7 Å². The summed E-state index contributed by atoms with van der Waals surface area (Å²) in [6.07, 6.45) is 1.29. The zero-order valence-corrected chi connectivity index (χ0v) is 28.6. The van der Waals surface area contributed by atoms with E-state index in [0.29, 0.717) is 80.8 Å². The molecule has 13 nitrogen and oxygen atoms in total. The van der Waals surface area contributed by atoms with Crippen molar-refractivity contribution in [2.75, 3.05) is 44.2 Å². The predicted molar refractivity (Wildman–Crippen MR) is 171 cm³/mol. The smallest absolute Gasteiger partial charge is 0.424 e. The molecule has 6 rings (SSSR count). The van der Waals surface area contributed by atoms with Crippen LogP contribution >= 0.6 is 0 Å². The van der Waals surface area contributed by atoms with Gasteiger partial charge in [-0.15, -0.1) is 0 Å². The van der Waals surface area contributed by atoms with Crippen LogP contribution in [0.15, 0.2) is 38.6 Å². The maximum absolute atomic E-state index is 14.4. The van der Waals surface area contributed by atoms with Gasteiger partial charge in [0.15, 0.2) is 12.0 Å². The van der Waals surface area contributed by atoms with Gasteiger partial charge < -0.3 is 23.5 Å². The summed E-state index contributed by atoms with van der Waals surface area (Å²) in [6, 6.07) is 2.67. The van der Waals surface area contributed by atoms with Crippen LogP contribution in [0.1, 0.15) is 60.3 Å². The number of carbonyl (C=O) groups is 2. The highest BCUT2D eigenvalue weighted by Gasteiger charge is 2.54. The highest BCUT2D eigenvalue weighted by atomic mass is 32.2. The monoisotopic (exact) mass is 692 g/mol. The fourth-order valence-electron chi connectivity index (χ4n) is 6.60. The van der Waals surface area contributed by atoms with Crippen LogP contribution in [0.25, 0.3) is 22.4 Å². The summed E-state index contributed by atoms with van der Waals surface area (Å²) in [6.45, 7) is 10.4. The summed E-state index contributed by atoms with van der Waals surface area (Å²) >= 11 is 0. The molecule has 4 heterocycles. The summed E-state index contributed by atoms with van der Waals surface area (Å²) < 4.78 is 71.9. The molecule has 1 atom stereocenters. The van der Waals surface area contributed by atoms with Crippen LogP contribution in [-0.4, -0.2) is 108 Å². The number of likely N-dealkylation sites (tertiary alicyclic amines) is 1. The number of aromatic nitrogens is 2. The molecule has 3 fully saturated rings. The first-order valence-electron chi connectivity index (χ1n) is 16.2. The second kappa shape index (κ2) is 12.6. The Morgan fingerprint density at radius 3 is 2.44 bits per heavy atom. The Morgan fingerprint density at radius 1 is 1.15 bits per heavy atom. The topological polar surface area (TPSA) is 143 Å². The van der Waals surface area contributed by atoms with Crippen LogP contribution in [0.5, 0.6) is 0 Å². The molecule has 3 aromatic rings. The number of benzene rings is 1. The number of piperidine rings is 1. The first kappa shape index (κ1) is 34.1. The van der Waals surface area contributed by atoms with Gasteiger partial charge in [-0.25, -0.2) is 27.0 Å². The van der Waals surface area contributed by atoms with Crippen LogP contribution in [-0.2, 0) is 19.6 Å². The summed E-state index contributed by atoms with van der Waals surface area (Å²) in [4.78, 5) is 36.5. The molecule has 0 bridgehead atoms. The second-order valence-electron chi connectivity index (χ2n) is 14.3. The average molecular weight is 693 g/mol. The molecule has 0 N–H and O–H groups in total. The van der Waals surface area contributed by atoms with Crippen LogP contribution in [0.3, 0.4) is 0 Å². The van der Waals surface area contributed by atoms with Crippen molar-refractivity contribution in [2.45, 2.75) is 88.8 Å². The first-order valence-corrected chi connectivity index (χ1v) is 17.7. The van der Waals surface area contributed by atoms with Gasteiger partial charge in [0.25, 0.3) is 16.4 Å². The number of nitrogens with zero attached hydrogens (tertiary/aromatic N) is 6. The van der Waals surface area contributed by atoms with Gasteiger partial charge >= 0.3 is 6.09 Å². The molecule has 2 saturated heterocycles. The zero-order valence-electron chi connectivity index (χ0n) is 27.8. The lowest BCUT2D eigenvalue weighted by atomic mass is 9.94. The number of amides is 2. The largest absolute Gasteiger partial charge is 0.451 e. The Kier molecular flexibility index (Phi) is 8.94. The number of anilines is 1. The van der Waals surface area contributed by atoms with Crippen molar-refractivity contribution in [2.24, 2.45) is 5.92 Å². The van der Waals surface area contributed by atoms with E-state index >= 15 is 0 Å². The van der Waals surface area contributed by atoms with Crippen molar-refractivity contribution in [1.82, 2.24) is 24.2 Å². The van der Waals surface area contributed by atoms with Gasteiger partial charge in [0.2, 0.25) is 5.91 Å². The number of rotatable bonds is 8. The van der Waals surface area contributed by atoms with Crippen LogP contribution in [0.2, 0.25) is 0 Å². The number of oxazole rings is 1. The summed E-state index contributed by atoms with van der Waals surface area (Å²) in [5, 5.41) is 4.58. The van der Waals surface area contributed by atoms with Gasteiger partial charge in [0.05, 0.1) is 28.1 Å².